The van der Waals surface area contributed by atoms with Crippen molar-refractivity contribution >= 4 is 22.6 Å². The number of carbonyl (C=O) groups is 1. The molecule has 1 saturated carbocycles. The standard InChI is InChI=1S/C34H37FN6O2/c1-3-28(42)41-19-18-40(20-23(41)12-16-36)32-27-10-9-26(25-8-4-6-22-11-13-34(14-15-34)29(22)25)30(35)31(27)37-33(38-32)43-21-24-7-5-17-39(24)2/h3-4,6,8-10,23-24H,1,5,7,11-15,17-21H2,2H3/t23-,24-/m0/s1. The molecule has 2 aliphatic carbocycles. The van der Waals surface area contributed by atoms with E-state index in [0.717, 1.165) is 50.6 Å². The SMILES string of the molecule is C=CC(=O)N1CCN(c2nc(OC[C@@H]3CCCN3C)nc3c(F)c(-c4cccc5c4C4(CC5)CC4)ccc23)C[C@@H]1CC#N. The Morgan fingerprint density at radius 2 is 2.02 bits per heavy atom. The molecule has 0 radical (unpaired) electrons. The lowest BCUT2D eigenvalue weighted by molar-refractivity contribution is -0.128. The van der Waals surface area contributed by atoms with Crippen LogP contribution in [0.15, 0.2) is 43.0 Å². The Morgan fingerprint density at radius 3 is 2.77 bits per heavy atom. The minimum Gasteiger partial charge on any atom is -0.462 e. The van der Waals surface area contributed by atoms with Gasteiger partial charge in [0, 0.05) is 36.6 Å². The molecule has 0 N–H and O–H groups in total. The molecule has 7 rings (SSSR count). The van der Waals surface area contributed by atoms with Crippen molar-refractivity contribution in [1.29, 1.82) is 5.26 Å². The fraction of sp³-hybridized carbons (Fsp3) is 0.471. The zero-order valence-electron chi connectivity index (χ0n) is 24.7. The van der Waals surface area contributed by atoms with Gasteiger partial charge in [0.1, 0.15) is 17.9 Å². The number of likely N-dealkylation sites (tertiary alicyclic amines) is 1. The van der Waals surface area contributed by atoms with E-state index in [1.165, 1.54) is 17.2 Å². The molecule has 1 aromatic heterocycles. The van der Waals surface area contributed by atoms with Crippen molar-refractivity contribution < 1.29 is 13.9 Å². The molecule has 0 bridgehead atoms. The lowest BCUT2D eigenvalue weighted by Gasteiger charge is -2.41. The highest BCUT2D eigenvalue weighted by atomic mass is 19.1. The molecular formula is C34H37FN6O2. The number of anilines is 1. The predicted octanol–water partition coefficient (Wildman–Crippen LogP) is 5.00. The lowest BCUT2D eigenvalue weighted by atomic mass is 9.89. The smallest absolute Gasteiger partial charge is 0.319 e. The number of hydrogen-bond donors (Lipinski definition) is 0. The number of fused-ring (bicyclic) bond motifs is 3. The van der Waals surface area contributed by atoms with E-state index < -0.39 is 0 Å². The van der Waals surface area contributed by atoms with Crippen molar-refractivity contribution in [1.82, 2.24) is 19.8 Å². The summed E-state index contributed by atoms with van der Waals surface area (Å²) in [5, 5.41) is 10.1. The van der Waals surface area contributed by atoms with Gasteiger partial charge in [0.05, 0.1) is 18.5 Å². The number of ether oxygens (including phenoxy) is 1. The number of nitriles is 1. The largest absolute Gasteiger partial charge is 0.462 e. The van der Waals surface area contributed by atoms with Crippen LogP contribution in [0.4, 0.5) is 10.2 Å². The van der Waals surface area contributed by atoms with Gasteiger partial charge in [-0.3, -0.25) is 4.79 Å². The number of rotatable bonds is 7. The highest BCUT2D eigenvalue weighted by Crippen LogP contribution is 2.59. The number of aromatic nitrogens is 2. The Labute approximate surface area is 251 Å². The molecule has 9 heteroatoms. The molecule has 2 atom stereocenters. The lowest BCUT2D eigenvalue weighted by Crippen LogP contribution is -2.55. The van der Waals surface area contributed by atoms with Crippen LogP contribution >= 0.6 is 0 Å². The van der Waals surface area contributed by atoms with Gasteiger partial charge in [-0.1, -0.05) is 30.8 Å². The third-order valence-electron chi connectivity index (χ3n) is 10.1. The number of nitrogens with zero attached hydrogens (tertiary/aromatic N) is 6. The first-order valence-corrected chi connectivity index (χ1v) is 15.4. The molecule has 3 heterocycles. The summed E-state index contributed by atoms with van der Waals surface area (Å²) >= 11 is 0. The molecule has 0 unspecified atom stereocenters. The van der Waals surface area contributed by atoms with Crippen LogP contribution in [0.5, 0.6) is 6.01 Å². The van der Waals surface area contributed by atoms with Crippen LogP contribution in [0.25, 0.3) is 22.0 Å². The Balaban J connectivity index is 1.31. The molecule has 3 aromatic rings. The molecule has 4 aliphatic rings. The van der Waals surface area contributed by atoms with E-state index >= 15 is 4.39 Å². The highest BCUT2D eigenvalue weighted by molar-refractivity contribution is 5.94. The summed E-state index contributed by atoms with van der Waals surface area (Å²) < 4.78 is 22.9. The minimum absolute atomic E-state index is 0.150. The fourth-order valence-electron chi connectivity index (χ4n) is 7.54. The van der Waals surface area contributed by atoms with Crippen molar-refractivity contribution in [3.8, 4) is 23.2 Å². The normalized spacial score (nSPS) is 22.5. The van der Waals surface area contributed by atoms with E-state index in [1.807, 2.05) is 29.2 Å². The summed E-state index contributed by atoms with van der Waals surface area (Å²) in [7, 11) is 2.09. The third kappa shape index (κ3) is 4.82. The summed E-state index contributed by atoms with van der Waals surface area (Å²) in [6.07, 6.45) is 8.12. The maximum Gasteiger partial charge on any atom is 0.319 e. The van der Waals surface area contributed by atoms with Crippen molar-refractivity contribution in [2.45, 2.75) is 62.4 Å². The first kappa shape index (κ1) is 27.8. The molecule has 2 aromatic carbocycles. The van der Waals surface area contributed by atoms with Crippen LogP contribution in [0.1, 0.15) is 49.7 Å². The van der Waals surface area contributed by atoms with E-state index in [2.05, 4.69) is 35.6 Å². The average Bonchev–Trinajstić information content (AvgIpc) is 3.55. The van der Waals surface area contributed by atoms with Crippen LogP contribution < -0.4 is 9.64 Å². The summed E-state index contributed by atoms with van der Waals surface area (Å²) in [4.78, 5) is 28.0. The number of halogens is 1. The molecule has 1 spiro atoms. The maximum atomic E-state index is 16.8. The summed E-state index contributed by atoms with van der Waals surface area (Å²) in [6, 6.07) is 12.3. The van der Waals surface area contributed by atoms with E-state index in [4.69, 9.17) is 9.72 Å². The second-order valence-corrected chi connectivity index (χ2v) is 12.6. The molecule has 1 amide bonds. The van der Waals surface area contributed by atoms with Crippen LogP contribution in [0.2, 0.25) is 0 Å². The number of amides is 1. The summed E-state index contributed by atoms with van der Waals surface area (Å²) in [6.45, 7) is 6.35. The van der Waals surface area contributed by atoms with Crippen molar-refractivity contribution in [3.05, 3.63) is 59.9 Å². The average molecular weight is 581 g/mol. The van der Waals surface area contributed by atoms with Crippen LogP contribution in [-0.2, 0) is 16.6 Å². The fourth-order valence-corrected chi connectivity index (χ4v) is 7.54. The Morgan fingerprint density at radius 1 is 1.16 bits per heavy atom. The number of carbonyl (C=O) groups excluding carboxylic acids is 1. The van der Waals surface area contributed by atoms with Crippen LogP contribution in [0.3, 0.4) is 0 Å². The second-order valence-electron chi connectivity index (χ2n) is 12.6. The number of hydrogen-bond acceptors (Lipinski definition) is 7. The van der Waals surface area contributed by atoms with Crippen LogP contribution in [0, 0.1) is 17.1 Å². The Kier molecular flexibility index (Phi) is 7.05. The van der Waals surface area contributed by atoms with Gasteiger partial charge < -0.3 is 19.4 Å². The first-order chi connectivity index (χ1) is 20.9. The van der Waals surface area contributed by atoms with E-state index in [1.54, 1.807) is 4.90 Å². The van der Waals surface area contributed by atoms with Gasteiger partial charge in [-0.05, 0) is 86.4 Å². The van der Waals surface area contributed by atoms with Gasteiger partial charge in [-0.15, -0.1) is 0 Å². The zero-order chi connectivity index (χ0) is 29.7. The Bertz CT molecular complexity index is 1650. The van der Waals surface area contributed by atoms with E-state index in [9.17, 15) is 10.1 Å². The number of aryl methyl sites for hydroxylation is 1. The molecular weight excluding hydrogens is 543 g/mol. The molecule has 43 heavy (non-hydrogen) atoms. The maximum absolute atomic E-state index is 16.8. The van der Waals surface area contributed by atoms with Gasteiger partial charge in [-0.2, -0.15) is 15.2 Å². The topological polar surface area (TPSA) is 85.6 Å². The van der Waals surface area contributed by atoms with E-state index in [0.29, 0.717) is 43.0 Å². The first-order valence-electron chi connectivity index (χ1n) is 15.4. The summed E-state index contributed by atoms with van der Waals surface area (Å²) in [5.41, 5.74) is 4.60. The molecule has 2 saturated heterocycles. The van der Waals surface area contributed by atoms with E-state index in [-0.39, 0.29) is 47.2 Å². The minimum atomic E-state index is -0.367. The van der Waals surface area contributed by atoms with Gasteiger partial charge in [0.15, 0.2) is 5.82 Å². The van der Waals surface area contributed by atoms with Gasteiger partial charge in [-0.25, -0.2) is 4.39 Å². The third-order valence-corrected chi connectivity index (χ3v) is 10.1. The molecule has 222 valence electrons. The quantitative estimate of drug-likeness (QED) is 0.364. The number of piperazine rings is 1. The summed E-state index contributed by atoms with van der Waals surface area (Å²) in [5.74, 6) is 0.00150. The molecule has 2 aliphatic heterocycles. The van der Waals surface area contributed by atoms with Gasteiger partial charge >= 0.3 is 6.01 Å². The zero-order valence-corrected chi connectivity index (χ0v) is 24.7. The van der Waals surface area contributed by atoms with Crippen molar-refractivity contribution in [2.24, 2.45) is 0 Å². The van der Waals surface area contributed by atoms with Gasteiger partial charge in [0.2, 0.25) is 5.91 Å². The molecule has 3 fully saturated rings. The Hall–Kier alpha value is -4.03. The van der Waals surface area contributed by atoms with Gasteiger partial charge in [0.25, 0.3) is 0 Å². The number of likely N-dealkylation sites (N-methyl/N-ethyl adjacent to an activating group) is 1. The highest BCUT2D eigenvalue weighted by Gasteiger charge is 2.50. The number of benzene rings is 2. The predicted molar refractivity (Wildman–Crippen MR) is 163 cm³/mol. The van der Waals surface area contributed by atoms with Crippen molar-refractivity contribution in [2.75, 3.05) is 44.7 Å². The monoisotopic (exact) mass is 580 g/mol. The van der Waals surface area contributed by atoms with Crippen LogP contribution in [-0.4, -0.2) is 77.6 Å². The molecule has 8 nitrogen and oxygen atoms in total. The second kappa shape index (κ2) is 10.9. The van der Waals surface area contributed by atoms with Crippen molar-refractivity contribution in [3.63, 3.8) is 0 Å².